The Balaban J connectivity index is 1.53. The number of benzene rings is 2. The number of thiazole rings is 1. The van der Waals surface area contributed by atoms with Crippen LogP contribution >= 0.6 is 11.3 Å². The Labute approximate surface area is 330 Å². The Morgan fingerprint density at radius 1 is 1.00 bits per heavy atom. The fraction of sp³-hybridized carbons (Fsp3) is 0.561. The smallest absolute Gasteiger partial charge is 0.416 e. The van der Waals surface area contributed by atoms with Crippen LogP contribution in [0.15, 0.2) is 54.7 Å². The van der Waals surface area contributed by atoms with Crippen LogP contribution in [0.3, 0.4) is 0 Å². The fourth-order valence-corrected chi connectivity index (χ4v) is 7.51. The highest BCUT2D eigenvalue weighted by Gasteiger charge is 2.38. The summed E-state index contributed by atoms with van der Waals surface area (Å²) in [7, 11) is 4.75. The Morgan fingerprint density at radius 2 is 1.69 bits per heavy atom. The molecule has 3 N–H and O–H groups in total. The zero-order chi connectivity index (χ0) is 40.4. The molecule has 0 spiro atoms. The summed E-state index contributed by atoms with van der Waals surface area (Å²) in [6.07, 6.45) is 0.131. The molecular weight excluding hydrogens is 721 g/mol. The molecule has 0 unspecified atom stereocenters. The van der Waals surface area contributed by atoms with Gasteiger partial charge in [0.2, 0.25) is 16.9 Å². The number of hydrogen-bond acceptors (Lipinski definition) is 11. The molecule has 2 heterocycles. The van der Waals surface area contributed by atoms with Crippen LogP contribution in [-0.2, 0) is 22.6 Å². The first kappa shape index (κ1) is 43.5. The van der Waals surface area contributed by atoms with Crippen molar-refractivity contribution in [3.8, 4) is 16.6 Å². The second-order valence-corrected chi connectivity index (χ2v) is 16.9. The summed E-state index contributed by atoms with van der Waals surface area (Å²) in [5.41, 5.74) is 1.48. The van der Waals surface area contributed by atoms with Crippen molar-refractivity contribution in [1.82, 2.24) is 30.3 Å². The average molecular weight is 781 g/mol. The topological polar surface area (TPSA) is 146 Å². The number of aliphatic hydroxyl groups excluding tert-OH is 1. The van der Waals surface area contributed by atoms with E-state index in [1.807, 2.05) is 102 Å². The van der Waals surface area contributed by atoms with Gasteiger partial charge in [0, 0.05) is 51.2 Å². The van der Waals surface area contributed by atoms with Crippen LogP contribution in [-0.4, -0.2) is 120 Å². The second kappa shape index (κ2) is 19.6. The van der Waals surface area contributed by atoms with Crippen LogP contribution in [0, 0.1) is 5.92 Å². The number of amides is 3. The molecule has 4 atom stereocenters. The van der Waals surface area contributed by atoms with Gasteiger partial charge in [0.05, 0.1) is 37.6 Å². The van der Waals surface area contributed by atoms with E-state index in [0.717, 1.165) is 16.1 Å². The maximum Gasteiger partial charge on any atom is 0.416 e. The van der Waals surface area contributed by atoms with E-state index in [0.29, 0.717) is 49.2 Å². The molecule has 4 rings (SSSR count). The highest BCUT2D eigenvalue weighted by atomic mass is 32.1. The van der Waals surface area contributed by atoms with Gasteiger partial charge < -0.3 is 30.0 Å². The number of aromatic nitrogens is 1. The molecule has 1 aromatic heterocycles. The van der Waals surface area contributed by atoms with Gasteiger partial charge in [-0.05, 0) is 56.4 Å². The first-order valence-corrected chi connectivity index (χ1v) is 19.7. The van der Waals surface area contributed by atoms with Gasteiger partial charge in [-0.1, -0.05) is 75.4 Å². The lowest BCUT2D eigenvalue weighted by Crippen LogP contribution is -2.63. The fourth-order valence-electron chi connectivity index (χ4n) is 6.75. The number of β-amino-alcohol motifs (C(OH)–C–C–N with tert-alkyl or cyclic N) is 1. The Hall–Kier alpha value is -4.24. The van der Waals surface area contributed by atoms with E-state index in [9.17, 15) is 19.5 Å². The number of methoxy groups -OCH3 is 2. The lowest BCUT2D eigenvalue weighted by atomic mass is 9.97. The molecule has 0 bridgehead atoms. The van der Waals surface area contributed by atoms with Crippen LogP contribution < -0.4 is 24.8 Å². The number of likely N-dealkylation sites (N-methyl/N-ethyl adjacent to an activating group) is 1. The molecule has 3 amide bonds. The van der Waals surface area contributed by atoms with E-state index in [4.69, 9.17) is 14.2 Å². The number of nitrogens with one attached hydrogen (secondary N) is 2. The highest BCUT2D eigenvalue weighted by Crippen LogP contribution is 2.29. The van der Waals surface area contributed by atoms with Crippen molar-refractivity contribution >= 4 is 29.2 Å². The number of rotatable bonds is 16. The number of hydrogen-bond donors (Lipinski definition) is 3. The van der Waals surface area contributed by atoms with Crippen molar-refractivity contribution < 1.29 is 33.7 Å². The molecule has 13 nitrogen and oxygen atoms in total. The maximum absolute atomic E-state index is 14.1. The molecule has 3 aromatic rings. The minimum Gasteiger partial charge on any atom is -0.493 e. The minimum absolute atomic E-state index is 0.137. The number of carbonyl (C=O) groups excluding carboxylic acids is 3. The SMILES string of the molecule is COc1ccc(CN2CCN(C[C@@H](O)[C@H](Cc3ccccc3)NC(=O)[C@H](C(C)C)N(C)C(=O)Oc3cnc(C(C)C)s3)[C@H](C(=O)NC(C)(C)C)C2)cc1OC. The van der Waals surface area contributed by atoms with E-state index < -0.39 is 41.8 Å². The normalized spacial score (nSPS) is 17.0. The van der Waals surface area contributed by atoms with Crippen LogP contribution in [0.4, 0.5) is 4.79 Å². The average Bonchev–Trinajstić information content (AvgIpc) is 3.60. The van der Waals surface area contributed by atoms with Gasteiger partial charge in [0.15, 0.2) is 11.5 Å². The summed E-state index contributed by atoms with van der Waals surface area (Å²) in [4.78, 5) is 51.2. The number of piperazine rings is 1. The number of carbonyl (C=O) groups is 3. The molecule has 1 fully saturated rings. The van der Waals surface area contributed by atoms with Gasteiger partial charge in [-0.3, -0.25) is 24.3 Å². The molecular formula is C41H60N6O7S. The third-order valence-electron chi connectivity index (χ3n) is 9.53. The van der Waals surface area contributed by atoms with E-state index in [1.165, 1.54) is 22.4 Å². The maximum atomic E-state index is 14.1. The lowest BCUT2D eigenvalue weighted by molar-refractivity contribution is -0.132. The Kier molecular flexibility index (Phi) is 15.5. The molecule has 0 aliphatic carbocycles. The van der Waals surface area contributed by atoms with Crippen LogP contribution in [0.5, 0.6) is 16.6 Å². The third-order valence-corrected chi connectivity index (χ3v) is 10.7. The monoisotopic (exact) mass is 780 g/mol. The van der Waals surface area contributed by atoms with Gasteiger partial charge >= 0.3 is 6.09 Å². The van der Waals surface area contributed by atoms with Crippen molar-refractivity contribution in [3.05, 3.63) is 70.9 Å². The standard InChI is InChI=1S/C41H60N6O7S/c1-26(2)36(45(8)40(51)54-35-22-42-39(55-35)27(3)4)38(50)43-30(20-28-14-12-11-13-15-28)32(48)25-47-19-18-46(24-31(47)37(49)44-41(5,6)7)23-29-16-17-33(52-9)34(21-29)53-10/h11-17,21-22,26-27,30-32,36,48H,18-20,23-25H2,1-10H3,(H,43,50)(H,44,49)/t30-,31-,32+,36-/m0/s1. The van der Waals surface area contributed by atoms with Crippen LogP contribution in [0.25, 0.3) is 0 Å². The summed E-state index contributed by atoms with van der Waals surface area (Å²) in [5.74, 6) is 0.646. The first-order chi connectivity index (χ1) is 26.0. The van der Waals surface area contributed by atoms with Crippen molar-refractivity contribution in [2.24, 2.45) is 5.92 Å². The summed E-state index contributed by atoms with van der Waals surface area (Å²) in [6, 6.07) is 13.3. The third kappa shape index (κ3) is 12.4. The lowest BCUT2D eigenvalue weighted by Gasteiger charge is -2.43. The summed E-state index contributed by atoms with van der Waals surface area (Å²) in [5, 5.41) is 19.4. The molecule has 14 heteroatoms. The molecule has 55 heavy (non-hydrogen) atoms. The molecule has 2 aromatic carbocycles. The summed E-state index contributed by atoms with van der Waals surface area (Å²) < 4.78 is 16.6. The second-order valence-electron chi connectivity index (χ2n) is 15.9. The molecule has 1 aliphatic heterocycles. The van der Waals surface area contributed by atoms with Crippen molar-refractivity contribution in [2.45, 2.75) is 97.1 Å². The molecule has 1 aliphatic rings. The predicted molar refractivity (Wildman–Crippen MR) is 215 cm³/mol. The molecule has 0 saturated carbocycles. The van der Waals surface area contributed by atoms with E-state index >= 15 is 0 Å². The van der Waals surface area contributed by atoms with E-state index in [1.54, 1.807) is 21.3 Å². The van der Waals surface area contributed by atoms with Gasteiger partial charge in [-0.25, -0.2) is 9.78 Å². The minimum atomic E-state index is -1.05. The van der Waals surface area contributed by atoms with Crippen LogP contribution in [0.1, 0.15) is 70.5 Å². The Morgan fingerprint density at radius 3 is 2.29 bits per heavy atom. The van der Waals surface area contributed by atoms with Gasteiger partial charge in [0.1, 0.15) is 12.1 Å². The zero-order valence-corrected chi connectivity index (χ0v) is 34.8. The van der Waals surface area contributed by atoms with Crippen LogP contribution in [0.2, 0.25) is 0 Å². The molecule has 1 saturated heterocycles. The van der Waals surface area contributed by atoms with Gasteiger partial charge in [0.25, 0.3) is 0 Å². The molecule has 302 valence electrons. The number of nitrogens with zero attached hydrogens (tertiary/aromatic N) is 4. The quantitative estimate of drug-likeness (QED) is 0.183. The number of aliphatic hydroxyl groups is 1. The van der Waals surface area contributed by atoms with Gasteiger partial charge in [-0.2, -0.15) is 0 Å². The van der Waals surface area contributed by atoms with E-state index in [2.05, 4.69) is 20.5 Å². The predicted octanol–water partition coefficient (Wildman–Crippen LogP) is 4.93. The van der Waals surface area contributed by atoms with Gasteiger partial charge in [-0.15, -0.1) is 0 Å². The van der Waals surface area contributed by atoms with Crippen molar-refractivity contribution in [2.75, 3.05) is 47.4 Å². The summed E-state index contributed by atoms with van der Waals surface area (Å²) in [6.45, 7) is 15.9. The first-order valence-electron chi connectivity index (χ1n) is 18.9. The zero-order valence-electron chi connectivity index (χ0n) is 34.0. The Bertz CT molecular complexity index is 1710. The molecule has 0 radical (unpaired) electrons. The number of ether oxygens (including phenoxy) is 3. The van der Waals surface area contributed by atoms with Crippen molar-refractivity contribution in [1.29, 1.82) is 0 Å². The van der Waals surface area contributed by atoms with Crippen molar-refractivity contribution in [3.63, 3.8) is 0 Å². The summed E-state index contributed by atoms with van der Waals surface area (Å²) >= 11 is 1.30. The highest BCUT2D eigenvalue weighted by molar-refractivity contribution is 7.13. The largest absolute Gasteiger partial charge is 0.493 e. The van der Waals surface area contributed by atoms with E-state index in [-0.39, 0.29) is 24.3 Å².